The minimum Gasteiger partial charge on any atom is -0.489 e. The highest BCUT2D eigenvalue weighted by molar-refractivity contribution is 7.98. The molecule has 5 rings (SSSR count). The molecule has 0 aliphatic heterocycles. The van der Waals surface area contributed by atoms with Crippen LogP contribution in [0.15, 0.2) is 127 Å². The molecule has 0 spiro atoms. The van der Waals surface area contributed by atoms with Crippen molar-refractivity contribution in [2.24, 2.45) is 0 Å². The van der Waals surface area contributed by atoms with Crippen LogP contribution in [0.4, 0.5) is 0 Å². The molecule has 0 bridgehead atoms. The van der Waals surface area contributed by atoms with E-state index in [0.29, 0.717) is 55.8 Å². The van der Waals surface area contributed by atoms with Crippen molar-refractivity contribution in [2.75, 3.05) is 19.1 Å². The highest BCUT2D eigenvalue weighted by atomic mass is 32.2. The number of rotatable bonds is 19. The highest BCUT2D eigenvalue weighted by Gasteiger charge is 2.24. The van der Waals surface area contributed by atoms with Crippen molar-refractivity contribution >= 4 is 29.5 Å². The van der Waals surface area contributed by atoms with Gasteiger partial charge in [-0.25, -0.2) is 9.80 Å². The summed E-state index contributed by atoms with van der Waals surface area (Å²) >= 11 is 1.54. The summed E-state index contributed by atoms with van der Waals surface area (Å²) in [7, 11) is 1.82. The highest BCUT2D eigenvalue weighted by Crippen LogP contribution is 2.30. The van der Waals surface area contributed by atoms with Crippen molar-refractivity contribution in [2.45, 2.75) is 64.8 Å². The Bertz CT molecular complexity index is 2010. The fraction of sp³-hybridized carbons (Fsp3) is 0.283. The number of nitrogens with one attached hydrogen (secondary N) is 1. The van der Waals surface area contributed by atoms with Crippen LogP contribution in [0.5, 0.6) is 5.75 Å². The van der Waals surface area contributed by atoms with Crippen LogP contribution in [0.3, 0.4) is 0 Å². The number of hydrogen-bond acceptors (Lipinski definition) is 6. The molecule has 0 heterocycles. The van der Waals surface area contributed by atoms with Crippen LogP contribution in [0, 0.1) is 6.92 Å². The zero-order chi connectivity index (χ0) is 39.2. The Balaban J connectivity index is 1.41. The lowest BCUT2D eigenvalue weighted by Crippen LogP contribution is -2.43. The number of aliphatic carboxylic acids is 1. The normalized spacial score (nSPS) is 12.2. The molecular weight excluding hydrogens is 707 g/mol. The van der Waals surface area contributed by atoms with Crippen molar-refractivity contribution in [3.05, 3.63) is 161 Å². The van der Waals surface area contributed by atoms with Gasteiger partial charge >= 0.3 is 5.97 Å². The fourth-order valence-electron chi connectivity index (χ4n) is 6.44. The quantitative estimate of drug-likeness (QED) is 0.0811. The summed E-state index contributed by atoms with van der Waals surface area (Å²) in [5.74, 6) is 0.0994. The zero-order valence-electron chi connectivity index (χ0n) is 32.1. The van der Waals surface area contributed by atoms with E-state index in [1.165, 1.54) is 17.3 Å². The molecule has 2 amide bonds. The van der Waals surface area contributed by atoms with Gasteiger partial charge in [0.15, 0.2) is 0 Å². The van der Waals surface area contributed by atoms with E-state index in [1.807, 2.05) is 134 Å². The molecule has 286 valence electrons. The first-order chi connectivity index (χ1) is 26.6. The van der Waals surface area contributed by atoms with Crippen molar-refractivity contribution in [1.29, 1.82) is 0 Å². The molecule has 2 atom stereocenters. The minimum atomic E-state index is -1.06. The predicted molar refractivity (Wildman–Crippen MR) is 222 cm³/mol. The summed E-state index contributed by atoms with van der Waals surface area (Å²) in [4.78, 5) is 39.6. The van der Waals surface area contributed by atoms with E-state index in [-0.39, 0.29) is 11.8 Å². The third kappa shape index (κ3) is 11.8. The maximum atomic E-state index is 13.8. The number of carboxylic acids is 1. The van der Waals surface area contributed by atoms with Gasteiger partial charge in [0.25, 0.3) is 5.91 Å². The number of nitrogens with zero attached hydrogens (tertiary/aromatic N) is 2. The third-order valence-electron chi connectivity index (χ3n) is 9.82. The molecule has 0 radical (unpaired) electrons. The number of carbonyl (C=O) groups is 3. The molecule has 0 fully saturated rings. The van der Waals surface area contributed by atoms with Gasteiger partial charge in [0.2, 0.25) is 5.91 Å². The summed E-state index contributed by atoms with van der Waals surface area (Å²) in [5, 5.41) is 16.3. The largest absolute Gasteiger partial charge is 0.489 e. The number of benzene rings is 5. The summed E-state index contributed by atoms with van der Waals surface area (Å²) in [6, 6.07) is 40.7. The van der Waals surface area contributed by atoms with Gasteiger partial charge in [-0.3, -0.25) is 14.6 Å². The Labute approximate surface area is 329 Å². The Morgan fingerprint density at radius 1 is 0.764 bits per heavy atom. The molecular formula is C46H51N3O5S. The van der Waals surface area contributed by atoms with Gasteiger partial charge < -0.3 is 15.2 Å². The van der Waals surface area contributed by atoms with E-state index in [4.69, 9.17) is 4.74 Å². The van der Waals surface area contributed by atoms with Gasteiger partial charge in [0.1, 0.15) is 18.4 Å². The first-order valence-corrected chi connectivity index (χ1v) is 20.1. The molecule has 55 heavy (non-hydrogen) atoms. The molecule has 0 aliphatic rings. The number of amides is 2. The number of aryl methyl sites for hydroxylation is 1. The molecule has 5 aromatic rings. The lowest BCUT2D eigenvalue weighted by Gasteiger charge is -2.33. The third-order valence-corrected chi connectivity index (χ3v) is 10.5. The lowest BCUT2D eigenvalue weighted by molar-refractivity contribution is -0.148. The molecule has 2 unspecified atom stereocenters. The van der Waals surface area contributed by atoms with E-state index in [9.17, 15) is 19.5 Å². The van der Waals surface area contributed by atoms with Gasteiger partial charge in [-0.15, -0.1) is 0 Å². The molecule has 8 nitrogen and oxygen atoms in total. The SMILES string of the molecule is CSCCC(NC(=O)c1ccc(CN(Cc2ccc(OCc3ccccc3)cc2)N(C)C(=O)CCC(C)c2ccccc2)cc1-c1ccccc1C)C(=O)O. The zero-order valence-corrected chi connectivity index (χ0v) is 32.9. The van der Waals surface area contributed by atoms with E-state index >= 15 is 0 Å². The number of ether oxygens (including phenoxy) is 1. The number of carboxylic acid groups (broad SMARTS) is 1. The topological polar surface area (TPSA) is 99.2 Å². The number of hydrogen-bond donors (Lipinski definition) is 2. The average molecular weight is 758 g/mol. The lowest BCUT2D eigenvalue weighted by atomic mass is 9.93. The summed E-state index contributed by atoms with van der Waals surface area (Å²) in [5.41, 5.74) is 7.15. The van der Waals surface area contributed by atoms with Crippen LogP contribution in [0.2, 0.25) is 0 Å². The molecule has 2 N–H and O–H groups in total. The number of hydrazine groups is 1. The van der Waals surface area contributed by atoms with Gasteiger partial charge in [-0.05, 0) is 101 Å². The van der Waals surface area contributed by atoms with E-state index in [2.05, 4.69) is 24.4 Å². The second kappa shape index (κ2) is 20.3. The second-order valence-corrected chi connectivity index (χ2v) is 14.8. The van der Waals surface area contributed by atoms with Crippen LogP contribution in [0.25, 0.3) is 11.1 Å². The Morgan fingerprint density at radius 2 is 1.40 bits per heavy atom. The average Bonchev–Trinajstić information content (AvgIpc) is 3.21. The van der Waals surface area contributed by atoms with Gasteiger partial charge in [-0.1, -0.05) is 110 Å². The molecule has 5 aromatic carbocycles. The second-order valence-electron chi connectivity index (χ2n) is 13.8. The van der Waals surface area contributed by atoms with Crippen LogP contribution >= 0.6 is 11.8 Å². The van der Waals surface area contributed by atoms with Gasteiger partial charge in [-0.2, -0.15) is 11.8 Å². The maximum Gasteiger partial charge on any atom is 0.326 e. The molecule has 0 saturated heterocycles. The Morgan fingerprint density at radius 3 is 2.07 bits per heavy atom. The van der Waals surface area contributed by atoms with Crippen LogP contribution in [0.1, 0.15) is 70.3 Å². The van der Waals surface area contributed by atoms with Crippen LogP contribution in [-0.2, 0) is 29.3 Å². The molecule has 0 aromatic heterocycles. The molecule has 0 aliphatic carbocycles. The summed E-state index contributed by atoms with van der Waals surface area (Å²) in [6.07, 6.45) is 3.32. The first-order valence-electron chi connectivity index (χ1n) is 18.7. The van der Waals surface area contributed by atoms with Crippen molar-refractivity contribution in [1.82, 2.24) is 15.3 Å². The first kappa shape index (κ1) is 40.8. The molecule has 0 saturated carbocycles. The van der Waals surface area contributed by atoms with E-state index < -0.39 is 17.9 Å². The van der Waals surface area contributed by atoms with Crippen LogP contribution in [-0.4, -0.2) is 58.0 Å². The fourth-order valence-corrected chi connectivity index (χ4v) is 6.92. The van der Waals surface area contributed by atoms with E-state index in [1.54, 1.807) is 11.1 Å². The molecule has 9 heteroatoms. The maximum absolute atomic E-state index is 13.8. The predicted octanol–water partition coefficient (Wildman–Crippen LogP) is 9.14. The standard InChI is InChI=1S/C46H51N3O5S/c1-33(38-16-9-6-10-17-38)19-26-44(50)48(3)49(30-35-20-23-39(24-21-35)54-32-36-14-7-5-8-15-36)31-37-22-25-41(42(29-37)40-18-12-11-13-34(40)2)45(51)47-43(46(52)53)27-28-55-4/h5-18,20-25,29,33,43H,19,26-28,30-32H2,1-4H3,(H,47,51)(H,52,53). The van der Waals surface area contributed by atoms with Crippen molar-refractivity contribution in [3.8, 4) is 16.9 Å². The Hall–Kier alpha value is -5.38. The van der Waals surface area contributed by atoms with Gasteiger partial charge in [0.05, 0.1) is 0 Å². The van der Waals surface area contributed by atoms with Gasteiger partial charge in [0, 0.05) is 32.1 Å². The Kier molecular flexibility index (Phi) is 15.1. The number of carbonyl (C=O) groups excluding carboxylic acids is 2. The number of thioether (sulfide) groups is 1. The van der Waals surface area contributed by atoms with Crippen molar-refractivity contribution < 1.29 is 24.2 Å². The summed E-state index contributed by atoms with van der Waals surface area (Å²) in [6.45, 7) is 5.44. The smallest absolute Gasteiger partial charge is 0.326 e. The monoisotopic (exact) mass is 757 g/mol. The summed E-state index contributed by atoms with van der Waals surface area (Å²) < 4.78 is 6.03. The van der Waals surface area contributed by atoms with Crippen molar-refractivity contribution in [3.63, 3.8) is 0 Å². The van der Waals surface area contributed by atoms with E-state index in [0.717, 1.165) is 33.6 Å². The van der Waals surface area contributed by atoms with Crippen LogP contribution < -0.4 is 10.1 Å². The minimum absolute atomic E-state index is 0.00526.